The second kappa shape index (κ2) is 6.88. The van der Waals surface area contributed by atoms with E-state index in [1.165, 1.54) is 0 Å². The summed E-state index contributed by atoms with van der Waals surface area (Å²) >= 11 is 3.47. The molecule has 0 N–H and O–H groups in total. The van der Waals surface area contributed by atoms with Crippen LogP contribution >= 0.6 is 15.9 Å². The van der Waals surface area contributed by atoms with Crippen molar-refractivity contribution in [2.45, 2.75) is 70.8 Å². The maximum Gasteiger partial charge on any atom is 0.312 e. The molecule has 0 bridgehead atoms. The third kappa shape index (κ3) is 4.60. The number of nitriles is 1. The Balaban J connectivity index is 1.97. The zero-order valence-corrected chi connectivity index (χ0v) is 16.6. The molecule has 0 aliphatic heterocycles. The maximum absolute atomic E-state index is 12.4. The summed E-state index contributed by atoms with van der Waals surface area (Å²) in [6, 6.07) is 10.4. The van der Waals surface area contributed by atoms with Crippen LogP contribution in [0, 0.1) is 16.7 Å². The third-order valence-corrected chi connectivity index (χ3v) is 5.22. The molecule has 1 unspecified atom stereocenters. The quantitative estimate of drug-likeness (QED) is 0.599. The van der Waals surface area contributed by atoms with Crippen LogP contribution in [0.15, 0.2) is 28.7 Å². The number of hydrogen-bond acceptors (Lipinski definition) is 3. The predicted molar refractivity (Wildman–Crippen MR) is 98.5 cm³/mol. The lowest BCUT2D eigenvalue weighted by Crippen LogP contribution is -2.30. The number of esters is 1. The van der Waals surface area contributed by atoms with E-state index in [9.17, 15) is 10.1 Å². The number of ether oxygens (including phenoxy) is 1. The molecule has 1 saturated carbocycles. The van der Waals surface area contributed by atoms with Gasteiger partial charge in [-0.25, -0.2) is 0 Å². The zero-order chi connectivity index (χ0) is 18.0. The summed E-state index contributed by atoms with van der Waals surface area (Å²) in [5.41, 5.74) is -0.264. The second-order valence-corrected chi connectivity index (χ2v) is 9.01. The first kappa shape index (κ1) is 19.0. The van der Waals surface area contributed by atoms with Gasteiger partial charge in [-0.2, -0.15) is 5.26 Å². The second-order valence-electron chi connectivity index (χ2n) is 8.09. The van der Waals surface area contributed by atoms with E-state index in [0.717, 1.165) is 42.1 Å². The van der Waals surface area contributed by atoms with Crippen molar-refractivity contribution in [1.29, 1.82) is 5.26 Å². The van der Waals surface area contributed by atoms with Crippen LogP contribution in [0.4, 0.5) is 0 Å². The molecule has 0 amide bonds. The van der Waals surface area contributed by atoms with Gasteiger partial charge < -0.3 is 4.74 Å². The number of halogens is 1. The maximum atomic E-state index is 12.4. The first-order valence-electron chi connectivity index (χ1n) is 8.51. The summed E-state index contributed by atoms with van der Waals surface area (Å²) in [6.45, 7) is 7.69. The van der Waals surface area contributed by atoms with Crippen molar-refractivity contribution in [3.63, 3.8) is 0 Å². The van der Waals surface area contributed by atoms with Crippen LogP contribution < -0.4 is 0 Å². The van der Waals surface area contributed by atoms with Crippen LogP contribution in [-0.2, 0) is 14.9 Å². The van der Waals surface area contributed by atoms with Crippen molar-refractivity contribution in [2.75, 3.05) is 0 Å². The number of carbonyl (C=O) groups excluding carboxylic acids is 1. The average molecular weight is 392 g/mol. The fourth-order valence-electron chi connectivity index (χ4n) is 2.97. The molecule has 1 aromatic carbocycles. The SMILES string of the molecule is CC(C)(C)OC(=O)C1(CCCC(C)(C#N)c2cccc(Br)c2)CC1. The summed E-state index contributed by atoms with van der Waals surface area (Å²) in [6.07, 6.45) is 4.19. The Kier molecular flexibility index (Phi) is 5.44. The molecule has 0 heterocycles. The highest BCUT2D eigenvalue weighted by Gasteiger charge is 2.51. The lowest BCUT2D eigenvalue weighted by Gasteiger charge is -2.26. The Morgan fingerprint density at radius 1 is 1.33 bits per heavy atom. The van der Waals surface area contributed by atoms with Crippen LogP contribution in [0.3, 0.4) is 0 Å². The van der Waals surface area contributed by atoms with Gasteiger partial charge in [0, 0.05) is 4.47 Å². The molecule has 130 valence electrons. The van der Waals surface area contributed by atoms with Crippen LogP contribution in [0.1, 0.15) is 65.4 Å². The van der Waals surface area contributed by atoms with Gasteiger partial charge in [-0.3, -0.25) is 4.79 Å². The topological polar surface area (TPSA) is 50.1 Å². The lowest BCUT2D eigenvalue weighted by molar-refractivity contribution is -0.162. The monoisotopic (exact) mass is 391 g/mol. The Labute approximate surface area is 153 Å². The first-order valence-corrected chi connectivity index (χ1v) is 9.30. The molecule has 1 atom stereocenters. The van der Waals surface area contributed by atoms with E-state index >= 15 is 0 Å². The number of nitrogens with zero attached hydrogens (tertiary/aromatic N) is 1. The van der Waals surface area contributed by atoms with E-state index < -0.39 is 11.0 Å². The average Bonchev–Trinajstić information content (AvgIpc) is 3.26. The minimum atomic E-state index is -0.534. The molecule has 1 aliphatic rings. The lowest BCUT2D eigenvalue weighted by atomic mass is 9.78. The van der Waals surface area contributed by atoms with Crippen molar-refractivity contribution in [3.05, 3.63) is 34.3 Å². The van der Waals surface area contributed by atoms with Crippen LogP contribution in [0.25, 0.3) is 0 Å². The van der Waals surface area contributed by atoms with Gasteiger partial charge >= 0.3 is 5.97 Å². The molecule has 1 fully saturated rings. The Morgan fingerprint density at radius 3 is 2.50 bits per heavy atom. The van der Waals surface area contributed by atoms with E-state index in [1.807, 2.05) is 52.0 Å². The number of benzene rings is 1. The molecular weight excluding hydrogens is 366 g/mol. The van der Waals surface area contributed by atoms with Gasteiger partial charge in [-0.05, 0) is 71.1 Å². The van der Waals surface area contributed by atoms with Gasteiger partial charge in [0.1, 0.15) is 5.60 Å². The third-order valence-electron chi connectivity index (χ3n) is 4.73. The largest absolute Gasteiger partial charge is 0.460 e. The number of hydrogen-bond donors (Lipinski definition) is 0. The molecule has 0 aromatic heterocycles. The fourth-order valence-corrected chi connectivity index (χ4v) is 3.37. The number of carbonyl (C=O) groups is 1. The zero-order valence-electron chi connectivity index (χ0n) is 15.0. The highest BCUT2D eigenvalue weighted by atomic mass is 79.9. The summed E-state index contributed by atoms with van der Waals surface area (Å²) in [7, 11) is 0. The van der Waals surface area contributed by atoms with Gasteiger partial charge in [0.25, 0.3) is 0 Å². The van der Waals surface area contributed by atoms with Gasteiger partial charge in [0.2, 0.25) is 0 Å². The van der Waals surface area contributed by atoms with Crippen LogP contribution in [-0.4, -0.2) is 11.6 Å². The highest BCUT2D eigenvalue weighted by molar-refractivity contribution is 9.10. The van der Waals surface area contributed by atoms with Gasteiger partial charge in [-0.1, -0.05) is 34.5 Å². The minimum absolute atomic E-state index is 0.0730. The van der Waals surface area contributed by atoms with Gasteiger partial charge in [-0.15, -0.1) is 0 Å². The molecule has 24 heavy (non-hydrogen) atoms. The Morgan fingerprint density at radius 2 is 2.00 bits per heavy atom. The molecule has 3 nitrogen and oxygen atoms in total. The van der Waals surface area contributed by atoms with Crippen molar-refractivity contribution in [1.82, 2.24) is 0 Å². The molecule has 1 aromatic rings. The first-order chi connectivity index (χ1) is 11.1. The Hall–Kier alpha value is -1.34. The van der Waals surface area contributed by atoms with E-state index in [4.69, 9.17) is 4.74 Å². The van der Waals surface area contributed by atoms with E-state index in [0.29, 0.717) is 0 Å². The molecular formula is C20H26BrNO2. The molecule has 0 spiro atoms. The summed E-state index contributed by atoms with van der Waals surface area (Å²) in [5.74, 6) is -0.0730. The van der Waals surface area contributed by atoms with Crippen LogP contribution in [0.5, 0.6) is 0 Å². The van der Waals surface area contributed by atoms with E-state index in [-0.39, 0.29) is 11.4 Å². The summed E-state index contributed by atoms with van der Waals surface area (Å²) in [4.78, 5) is 12.4. The predicted octanol–water partition coefficient (Wildman–Crippen LogP) is 5.52. The van der Waals surface area contributed by atoms with Gasteiger partial charge in [0.05, 0.1) is 16.9 Å². The van der Waals surface area contributed by atoms with Crippen molar-refractivity contribution >= 4 is 21.9 Å². The van der Waals surface area contributed by atoms with E-state index in [1.54, 1.807) is 0 Å². The molecule has 2 rings (SSSR count). The van der Waals surface area contributed by atoms with Crippen molar-refractivity contribution in [3.8, 4) is 6.07 Å². The fraction of sp³-hybridized carbons (Fsp3) is 0.600. The Bertz CT molecular complexity index is 652. The molecule has 0 saturated heterocycles. The summed E-state index contributed by atoms with van der Waals surface area (Å²) in [5, 5.41) is 9.68. The summed E-state index contributed by atoms with van der Waals surface area (Å²) < 4.78 is 6.54. The molecule has 0 radical (unpaired) electrons. The highest BCUT2D eigenvalue weighted by Crippen LogP contribution is 2.52. The van der Waals surface area contributed by atoms with Crippen molar-refractivity contribution in [2.24, 2.45) is 5.41 Å². The molecule has 1 aliphatic carbocycles. The standard InChI is InChI=1S/C20H26BrNO2/c1-18(2,3)24-17(23)20(11-12-20)10-6-9-19(4,14-22)15-7-5-8-16(21)13-15/h5,7-8,13H,6,9-12H2,1-4H3. The number of rotatable bonds is 6. The van der Waals surface area contributed by atoms with E-state index in [2.05, 4.69) is 22.0 Å². The van der Waals surface area contributed by atoms with Crippen LogP contribution in [0.2, 0.25) is 0 Å². The van der Waals surface area contributed by atoms with Gasteiger partial charge in [0.15, 0.2) is 0 Å². The minimum Gasteiger partial charge on any atom is -0.460 e. The normalized spacial score (nSPS) is 18.3. The van der Waals surface area contributed by atoms with Crippen molar-refractivity contribution < 1.29 is 9.53 Å². The smallest absolute Gasteiger partial charge is 0.312 e. The molecule has 4 heteroatoms.